The molecular weight excluding hydrogens is 658 g/mol. The van der Waals surface area contributed by atoms with E-state index in [2.05, 4.69) is 50.6 Å². The van der Waals surface area contributed by atoms with E-state index in [4.69, 9.17) is 20.4 Å². The van der Waals surface area contributed by atoms with Crippen LogP contribution in [0.25, 0.3) is 44.5 Å². The Morgan fingerprint density at radius 3 is 2.19 bits per heavy atom. The molecule has 0 saturated carbocycles. The summed E-state index contributed by atoms with van der Waals surface area (Å²) in [5.41, 5.74) is 12.4. The van der Waals surface area contributed by atoms with E-state index in [0.29, 0.717) is 13.1 Å². The molecule has 52 heavy (non-hydrogen) atoms. The smallest absolute Gasteiger partial charge is 0.407 e. The molecule has 2 aliphatic rings. The van der Waals surface area contributed by atoms with Crippen LogP contribution in [0, 0.1) is 11.8 Å². The van der Waals surface area contributed by atoms with Gasteiger partial charge in [0, 0.05) is 18.5 Å². The van der Waals surface area contributed by atoms with Crippen LogP contribution in [0.2, 0.25) is 0 Å². The number of rotatable bonds is 9. The molecule has 2 aromatic carbocycles. The molecule has 3 aromatic heterocycles. The molecule has 0 radical (unpaired) electrons. The molecule has 0 bridgehead atoms. The lowest BCUT2D eigenvalue weighted by Crippen LogP contribution is -2.51. The number of carbonyl (C=O) groups is 3. The maximum Gasteiger partial charge on any atom is 0.407 e. The van der Waals surface area contributed by atoms with Gasteiger partial charge in [-0.15, -0.1) is 0 Å². The number of aromatic amines is 2. The van der Waals surface area contributed by atoms with Gasteiger partial charge >= 0.3 is 6.09 Å². The quantitative estimate of drug-likeness (QED) is 0.148. The van der Waals surface area contributed by atoms with Crippen LogP contribution in [0.3, 0.4) is 0 Å². The molecule has 3 amide bonds. The zero-order valence-corrected chi connectivity index (χ0v) is 30.3. The summed E-state index contributed by atoms with van der Waals surface area (Å²) in [6, 6.07) is 14.9. The number of alkyl carbamates (subject to hydrolysis) is 1. The molecule has 0 unspecified atom stereocenters. The number of H-pyrrole nitrogens is 2. The van der Waals surface area contributed by atoms with Crippen LogP contribution in [-0.4, -0.2) is 84.9 Å². The summed E-state index contributed by atoms with van der Waals surface area (Å²) >= 11 is 0. The van der Waals surface area contributed by atoms with Crippen molar-refractivity contribution < 1.29 is 19.1 Å². The predicted molar refractivity (Wildman–Crippen MR) is 199 cm³/mol. The Balaban J connectivity index is 1.09. The number of aromatic nitrogens is 5. The van der Waals surface area contributed by atoms with Crippen molar-refractivity contribution in [3.63, 3.8) is 0 Å². The number of nitrogens with two attached hydrogens (primary N) is 1. The molecule has 2 aliphatic heterocycles. The summed E-state index contributed by atoms with van der Waals surface area (Å²) in [6.07, 6.45) is 4.56. The molecule has 5 heterocycles. The molecule has 13 heteroatoms. The lowest BCUT2D eigenvalue weighted by atomic mass is 10.0. The highest BCUT2D eigenvalue weighted by molar-refractivity contribution is 5.89. The third-order valence-electron chi connectivity index (χ3n) is 10.5. The zero-order chi connectivity index (χ0) is 36.7. The Labute approximate surface area is 302 Å². The highest BCUT2D eigenvalue weighted by Crippen LogP contribution is 2.35. The van der Waals surface area contributed by atoms with Crippen LogP contribution in [0.4, 0.5) is 4.79 Å². The number of imidazole rings is 2. The number of nitrogens with one attached hydrogen (secondary N) is 3. The first-order valence-electron chi connectivity index (χ1n) is 18.2. The maximum absolute atomic E-state index is 13.6. The van der Waals surface area contributed by atoms with E-state index >= 15 is 0 Å². The average molecular weight is 706 g/mol. The number of carbonyl (C=O) groups excluding carboxylic acids is 3. The second-order valence-electron chi connectivity index (χ2n) is 14.6. The Kier molecular flexibility index (Phi) is 9.71. The van der Waals surface area contributed by atoms with E-state index in [1.807, 2.05) is 55.7 Å². The van der Waals surface area contributed by atoms with E-state index < -0.39 is 18.2 Å². The van der Waals surface area contributed by atoms with Crippen molar-refractivity contribution in [3.05, 3.63) is 66.4 Å². The number of pyridine rings is 1. The van der Waals surface area contributed by atoms with Crippen molar-refractivity contribution >= 4 is 39.8 Å². The third-order valence-corrected chi connectivity index (χ3v) is 10.5. The SMILES string of the molecule is COC(=O)N[C@H](C(=O)N1CCC[C@H]1c1nc2ccc(-c3ccc4nc(-c5cnc([C@@H]6CCCN6C(=O)[C@@H](N)C(C)C)[nH]5)ccc4c3)cc2[nH]1)C(C)C. The summed E-state index contributed by atoms with van der Waals surface area (Å²) in [6.45, 7) is 9.03. The first-order chi connectivity index (χ1) is 25.0. The van der Waals surface area contributed by atoms with Crippen molar-refractivity contribution in [2.45, 2.75) is 77.5 Å². The summed E-state index contributed by atoms with van der Waals surface area (Å²) in [5.74, 6) is 1.30. The topological polar surface area (TPSA) is 175 Å². The number of nitrogens with zero attached hydrogens (tertiary/aromatic N) is 5. The number of benzene rings is 2. The minimum absolute atomic E-state index is 0.0271. The van der Waals surface area contributed by atoms with Crippen LogP contribution >= 0.6 is 0 Å². The van der Waals surface area contributed by atoms with E-state index in [0.717, 1.165) is 81.8 Å². The minimum atomic E-state index is -0.686. The molecular formula is C39H47N9O4. The number of hydrogen-bond acceptors (Lipinski definition) is 8. The molecule has 0 spiro atoms. The fraction of sp³-hybridized carbons (Fsp3) is 0.436. The largest absolute Gasteiger partial charge is 0.453 e. The number of likely N-dealkylation sites (tertiary alicyclic amines) is 2. The predicted octanol–water partition coefficient (Wildman–Crippen LogP) is 5.86. The summed E-state index contributed by atoms with van der Waals surface area (Å²) < 4.78 is 4.77. The summed E-state index contributed by atoms with van der Waals surface area (Å²) in [7, 11) is 1.29. The lowest BCUT2D eigenvalue weighted by Gasteiger charge is -2.29. The fourth-order valence-corrected chi connectivity index (χ4v) is 7.44. The number of amides is 3. The van der Waals surface area contributed by atoms with E-state index in [9.17, 15) is 14.4 Å². The zero-order valence-electron chi connectivity index (χ0n) is 30.3. The normalized spacial score (nSPS) is 18.8. The molecule has 4 atom stereocenters. The standard InChI is InChI=1S/C39H47N9O4/c1-21(2)33(40)37(49)47-16-6-8-31(47)35-41-20-30(45-35)28-15-12-25-18-23(10-13-26(25)42-28)24-11-14-27-29(19-24)44-36(43-27)32-9-7-17-48(32)38(50)34(22(3)4)46-39(51)52-5/h10-15,18-22,31-34H,6-9,16-17,40H2,1-5H3,(H,41,45)(H,43,44)(H,46,51)/t31-,32-,33-,34-/m0/s1. The van der Waals surface area contributed by atoms with Gasteiger partial charge in [0.25, 0.3) is 0 Å². The first kappa shape index (κ1) is 35.1. The Morgan fingerprint density at radius 2 is 1.50 bits per heavy atom. The molecule has 2 fully saturated rings. The Morgan fingerprint density at radius 1 is 0.827 bits per heavy atom. The fourth-order valence-electron chi connectivity index (χ4n) is 7.44. The highest BCUT2D eigenvalue weighted by Gasteiger charge is 2.38. The molecule has 0 aliphatic carbocycles. The molecule has 13 nitrogen and oxygen atoms in total. The number of fused-ring (bicyclic) bond motifs is 2. The van der Waals surface area contributed by atoms with Crippen LogP contribution in [-0.2, 0) is 14.3 Å². The van der Waals surface area contributed by atoms with Crippen LogP contribution in [0.15, 0.2) is 54.7 Å². The minimum Gasteiger partial charge on any atom is -0.453 e. The van der Waals surface area contributed by atoms with E-state index in [1.165, 1.54) is 7.11 Å². The second kappa shape index (κ2) is 14.4. The summed E-state index contributed by atoms with van der Waals surface area (Å²) in [5, 5.41) is 3.71. The number of hydrogen-bond donors (Lipinski definition) is 4. The van der Waals surface area contributed by atoms with Crippen molar-refractivity contribution in [2.24, 2.45) is 17.6 Å². The van der Waals surface area contributed by atoms with Crippen LogP contribution < -0.4 is 11.1 Å². The number of methoxy groups -OCH3 is 1. The van der Waals surface area contributed by atoms with E-state index in [1.54, 1.807) is 6.20 Å². The molecule has 5 aromatic rings. The van der Waals surface area contributed by atoms with Gasteiger partial charge in [0.15, 0.2) is 0 Å². The van der Waals surface area contributed by atoms with Crippen molar-refractivity contribution in [3.8, 4) is 22.5 Å². The second-order valence-corrected chi connectivity index (χ2v) is 14.6. The van der Waals surface area contributed by atoms with Crippen LogP contribution in [0.5, 0.6) is 0 Å². The monoisotopic (exact) mass is 705 g/mol. The van der Waals surface area contributed by atoms with Crippen molar-refractivity contribution in [1.29, 1.82) is 0 Å². The molecule has 272 valence electrons. The summed E-state index contributed by atoms with van der Waals surface area (Å²) in [4.78, 5) is 63.7. The highest BCUT2D eigenvalue weighted by atomic mass is 16.5. The van der Waals surface area contributed by atoms with Gasteiger partial charge in [0.05, 0.1) is 59.4 Å². The Hall–Kier alpha value is -5.30. The van der Waals surface area contributed by atoms with Gasteiger partial charge in [-0.3, -0.25) is 9.59 Å². The average Bonchev–Trinajstić information content (AvgIpc) is 3.97. The van der Waals surface area contributed by atoms with Crippen molar-refractivity contribution in [1.82, 2.24) is 40.0 Å². The Bertz CT molecular complexity index is 2120. The van der Waals surface area contributed by atoms with Gasteiger partial charge in [-0.05, 0) is 79.0 Å². The maximum atomic E-state index is 13.6. The van der Waals surface area contributed by atoms with Gasteiger partial charge in [0.1, 0.15) is 17.7 Å². The lowest BCUT2D eigenvalue weighted by molar-refractivity contribution is -0.136. The van der Waals surface area contributed by atoms with Gasteiger partial charge in [-0.1, -0.05) is 45.9 Å². The molecule has 5 N–H and O–H groups in total. The van der Waals surface area contributed by atoms with E-state index in [-0.39, 0.29) is 35.7 Å². The third kappa shape index (κ3) is 6.72. The first-order valence-corrected chi connectivity index (χ1v) is 18.2. The van der Waals surface area contributed by atoms with Gasteiger partial charge in [0.2, 0.25) is 11.8 Å². The molecule has 7 rings (SSSR count). The van der Waals surface area contributed by atoms with Gasteiger partial charge < -0.3 is 35.6 Å². The number of ether oxygens (including phenoxy) is 1. The molecule has 2 saturated heterocycles. The van der Waals surface area contributed by atoms with Crippen LogP contribution in [0.1, 0.15) is 77.1 Å². The van der Waals surface area contributed by atoms with Gasteiger partial charge in [-0.2, -0.15) is 0 Å². The van der Waals surface area contributed by atoms with Crippen molar-refractivity contribution in [2.75, 3.05) is 20.2 Å². The van der Waals surface area contributed by atoms with Gasteiger partial charge in [-0.25, -0.2) is 19.7 Å².